The normalized spacial score (nSPS) is 12.6. The van der Waals surface area contributed by atoms with Gasteiger partial charge in [0.2, 0.25) is 0 Å². The van der Waals surface area contributed by atoms with Crippen LogP contribution in [0.25, 0.3) is 0 Å². The van der Waals surface area contributed by atoms with E-state index in [4.69, 9.17) is 11.6 Å². The van der Waals surface area contributed by atoms with Gasteiger partial charge in [-0.2, -0.15) is 0 Å². The van der Waals surface area contributed by atoms with Crippen LogP contribution in [-0.2, 0) is 0 Å². The van der Waals surface area contributed by atoms with Gasteiger partial charge >= 0.3 is 0 Å². The number of pyridine rings is 1. The molecule has 1 rings (SSSR count). The molecule has 0 saturated heterocycles. The molecule has 19 heavy (non-hydrogen) atoms. The van der Waals surface area contributed by atoms with Crippen LogP contribution in [0.2, 0.25) is 5.15 Å². The molecule has 1 heterocycles. The first-order valence-corrected chi connectivity index (χ1v) is 7.30. The van der Waals surface area contributed by atoms with E-state index in [1.807, 2.05) is 27.9 Å². The van der Waals surface area contributed by atoms with Crippen molar-refractivity contribution in [2.24, 2.45) is 0 Å². The van der Waals surface area contributed by atoms with Crippen LogP contribution in [-0.4, -0.2) is 53.9 Å². The second-order valence-corrected chi connectivity index (χ2v) is 5.97. The Balaban J connectivity index is 2.98. The number of rotatable bonds is 5. The SMILES string of the molecule is CCN(C(=O)c1cc(Br)cnc1Cl)C(C)CN(C)C. The van der Waals surface area contributed by atoms with Crippen LogP contribution in [0.1, 0.15) is 24.2 Å². The molecular weight excluding hydrogens is 330 g/mol. The van der Waals surface area contributed by atoms with Gasteiger partial charge in [-0.1, -0.05) is 11.6 Å². The number of carbonyl (C=O) groups is 1. The van der Waals surface area contributed by atoms with Gasteiger partial charge in [0.15, 0.2) is 0 Å². The summed E-state index contributed by atoms with van der Waals surface area (Å²) in [4.78, 5) is 20.4. The molecule has 6 heteroatoms. The van der Waals surface area contributed by atoms with E-state index in [1.165, 1.54) is 0 Å². The van der Waals surface area contributed by atoms with Gasteiger partial charge in [-0.3, -0.25) is 4.79 Å². The third kappa shape index (κ3) is 4.44. The van der Waals surface area contributed by atoms with Crippen molar-refractivity contribution in [2.75, 3.05) is 27.2 Å². The number of carbonyl (C=O) groups excluding carboxylic acids is 1. The molecule has 0 radical (unpaired) electrons. The summed E-state index contributed by atoms with van der Waals surface area (Å²) < 4.78 is 0.747. The van der Waals surface area contributed by atoms with Gasteiger partial charge < -0.3 is 9.80 Å². The highest BCUT2D eigenvalue weighted by Crippen LogP contribution is 2.20. The Bertz CT molecular complexity index is 454. The van der Waals surface area contributed by atoms with Crippen molar-refractivity contribution in [2.45, 2.75) is 19.9 Å². The average molecular weight is 349 g/mol. The zero-order valence-corrected chi connectivity index (χ0v) is 14.0. The number of likely N-dealkylation sites (N-methyl/N-ethyl adjacent to an activating group) is 2. The minimum absolute atomic E-state index is 0.0874. The number of amides is 1. The molecule has 0 spiro atoms. The topological polar surface area (TPSA) is 36.4 Å². The lowest BCUT2D eigenvalue weighted by atomic mass is 10.2. The predicted octanol–water partition coefficient (Wildman–Crippen LogP) is 2.91. The fourth-order valence-electron chi connectivity index (χ4n) is 2.01. The Hall–Kier alpha value is -0.650. The molecule has 4 nitrogen and oxygen atoms in total. The van der Waals surface area contributed by atoms with Crippen molar-refractivity contribution in [1.82, 2.24) is 14.8 Å². The first-order chi connectivity index (χ1) is 8.86. The molecule has 0 bridgehead atoms. The summed E-state index contributed by atoms with van der Waals surface area (Å²) in [6.07, 6.45) is 1.58. The van der Waals surface area contributed by atoms with E-state index in [0.29, 0.717) is 12.1 Å². The maximum absolute atomic E-state index is 12.5. The molecule has 0 N–H and O–H groups in total. The van der Waals surface area contributed by atoms with Crippen LogP contribution in [0.3, 0.4) is 0 Å². The molecule has 0 saturated carbocycles. The van der Waals surface area contributed by atoms with Gasteiger partial charge in [0.25, 0.3) is 5.91 Å². The monoisotopic (exact) mass is 347 g/mol. The molecule has 1 unspecified atom stereocenters. The smallest absolute Gasteiger partial charge is 0.257 e. The Morgan fingerprint density at radius 2 is 2.16 bits per heavy atom. The van der Waals surface area contributed by atoms with Crippen LogP contribution in [0.5, 0.6) is 0 Å². The maximum Gasteiger partial charge on any atom is 0.257 e. The van der Waals surface area contributed by atoms with Gasteiger partial charge in [0, 0.05) is 29.8 Å². The Labute approximate surface area is 127 Å². The zero-order valence-electron chi connectivity index (χ0n) is 11.7. The molecule has 1 aromatic heterocycles. The second-order valence-electron chi connectivity index (χ2n) is 4.69. The van der Waals surface area contributed by atoms with Gasteiger partial charge in [-0.05, 0) is 49.9 Å². The number of halogens is 2. The summed E-state index contributed by atoms with van der Waals surface area (Å²) in [5.41, 5.74) is 0.434. The van der Waals surface area contributed by atoms with Crippen molar-refractivity contribution in [1.29, 1.82) is 0 Å². The number of hydrogen-bond acceptors (Lipinski definition) is 3. The Kier molecular flexibility index (Phi) is 6.23. The molecule has 0 aliphatic carbocycles. The molecule has 1 atom stereocenters. The third-order valence-electron chi connectivity index (χ3n) is 2.80. The van der Waals surface area contributed by atoms with E-state index in [0.717, 1.165) is 11.0 Å². The quantitative estimate of drug-likeness (QED) is 0.768. The van der Waals surface area contributed by atoms with Crippen LogP contribution in [0.4, 0.5) is 0 Å². The molecule has 1 aromatic rings. The third-order valence-corrected chi connectivity index (χ3v) is 3.53. The fraction of sp³-hybridized carbons (Fsp3) is 0.538. The second kappa shape index (κ2) is 7.22. The summed E-state index contributed by atoms with van der Waals surface area (Å²) in [7, 11) is 3.98. The molecule has 0 aromatic carbocycles. The van der Waals surface area contributed by atoms with Crippen molar-refractivity contribution in [3.05, 3.63) is 27.5 Å². The van der Waals surface area contributed by atoms with Crippen LogP contribution in [0.15, 0.2) is 16.7 Å². The lowest BCUT2D eigenvalue weighted by molar-refractivity contribution is 0.0678. The molecule has 0 fully saturated rings. The van der Waals surface area contributed by atoms with Crippen molar-refractivity contribution in [3.63, 3.8) is 0 Å². The summed E-state index contributed by atoms with van der Waals surface area (Å²) in [6, 6.07) is 1.82. The van der Waals surface area contributed by atoms with Crippen molar-refractivity contribution in [3.8, 4) is 0 Å². The van der Waals surface area contributed by atoms with Gasteiger partial charge in [0.1, 0.15) is 5.15 Å². The lowest BCUT2D eigenvalue weighted by Crippen LogP contribution is -2.43. The summed E-state index contributed by atoms with van der Waals surface area (Å²) in [5.74, 6) is -0.0874. The number of aromatic nitrogens is 1. The minimum atomic E-state index is -0.0874. The zero-order chi connectivity index (χ0) is 14.6. The van der Waals surface area contributed by atoms with E-state index >= 15 is 0 Å². The van der Waals surface area contributed by atoms with Gasteiger partial charge in [-0.15, -0.1) is 0 Å². The first kappa shape index (κ1) is 16.4. The van der Waals surface area contributed by atoms with Crippen LogP contribution < -0.4 is 0 Å². The van der Waals surface area contributed by atoms with Gasteiger partial charge in [0.05, 0.1) is 5.56 Å². The Morgan fingerprint density at radius 1 is 1.53 bits per heavy atom. The van der Waals surface area contributed by atoms with Crippen molar-refractivity contribution < 1.29 is 4.79 Å². The molecule has 1 amide bonds. The van der Waals surface area contributed by atoms with Gasteiger partial charge in [-0.25, -0.2) is 4.98 Å². The average Bonchev–Trinajstić information content (AvgIpc) is 2.32. The number of nitrogens with zero attached hydrogens (tertiary/aromatic N) is 3. The number of hydrogen-bond donors (Lipinski definition) is 0. The highest BCUT2D eigenvalue weighted by atomic mass is 79.9. The molecule has 0 aliphatic heterocycles. The summed E-state index contributed by atoms with van der Waals surface area (Å²) >= 11 is 9.33. The van der Waals surface area contributed by atoms with Crippen LogP contribution >= 0.6 is 27.5 Å². The lowest BCUT2D eigenvalue weighted by Gasteiger charge is -2.30. The predicted molar refractivity (Wildman–Crippen MR) is 81.7 cm³/mol. The van der Waals surface area contributed by atoms with Crippen LogP contribution in [0, 0.1) is 0 Å². The van der Waals surface area contributed by atoms with E-state index in [-0.39, 0.29) is 17.1 Å². The van der Waals surface area contributed by atoms with E-state index in [2.05, 4.69) is 25.8 Å². The fourth-order valence-corrected chi connectivity index (χ4v) is 2.53. The van der Waals surface area contributed by atoms with E-state index in [9.17, 15) is 4.79 Å². The molecular formula is C13H19BrClN3O. The highest BCUT2D eigenvalue weighted by molar-refractivity contribution is 9.10. The summed E-state index contributed by atoms with van der Waals surface area (Å²) in [6.45, 7) is 5.43. The Morgan fingerprint density at radius 3 is 2.68 bits per heavy atom. The maximum atomic E-state index is 12.5. The van der Waals surface area contributed by atoms with Crippen molar-refractivity contribution >= 4 is 33.4 Å². The summed E-state index contributed by atoms with van der Waals surface area (Å²) in [5, 5.41) is 0.240. The first-order valence-electron chi connectivity index (χ1n) is 6.13. The highest BCUT2D eigenvalue weighted by Gasteiger charge is 2.23. The molecule has 106 valence electrons. The largest absolute Gasteiger partial charge is 0.335 e. The van der Waals surface area contributed by atoms with E-state index in [1.54, 1.807) is 17.2 Å². The minimum Gasteiger partial charge on any atom is -0.335 e. The van der Waals surface area contributed by atoms with E-state index < -0.39 is 0 Å². The molecule has 0 aliphatic rings. The standard InChI is InChI=1S/C13H19BrClN3O/c1-5-18(9(2)8-17(3)4)13(19)11-6-10(14)7-16-12(11)15/h6-7,9H,5,8H2,1-4H3.